The van der Waals surface area contributed by atoms with Gasteiger partial charge in [0.1, 0.15) is 5.75 Å². The van der Waals surface area contributed by atoms with Crippen LogP contribution in [0.1, 0.15) is 40.1 Å². The van der Waals surface area contributed by atoms with Crippen LogP contribution in [0.3, 0.4) is 0 Å². The molecule has 0 saturated heterocycles. The van der Waals surface area contributed by atoms with Crippen molar-refractivity contribution in [3.05, 3.63) is 45.1 Å². The van der Waals surface area contributed by atoms with E-state index in [0.29, 0.717) is 26.2 Å². The highest BCUT2D eigenvalue weighted by atomic mass is 35.5. The maximum absolute atomic E-state index is 12.1. The molecule has 4 nitrogen and oxygen atoms in total. The van der Waals surface area contributed by atoms with E-state index in [1.165, 1.54) is 6.92 Å². The van der Waals surface area contributed by atoms with Crippen molar-refractivity contribution in [1.29, 1.82) is 0 Å². The van der Waals surface area contributed by atoms with Crippen molar-refractivity contribution >= 4 is 40.3 Å². The van der Waals surface area contributed by atoms with Crippen molar-refractivity contribution in [3.63, 3.8) is 0 Å². The molecule has 1 amide bonds. The van der Waals surface area contributed by atoms with Crippen LogP contribution < -0.4 is 10.1 Å². The van der Waals surface area contributed by atoms with Crippen molar-refractivity contribution in [3.8, 4) is 5.75 Å². The molecule has 2 rings (SSSR count). The second kappa shape index (κ2) is 6.94. The molecule has 6 heteroatoms. The largest absolute Gasteiger partial charge is 0.489 e. The Labute approximate surface area is 138 Å². The zero-order chi connectivity index (χ0) is 16.3. The number of ether oxygens (including phenoxy) is 1. The summed E-state index contributed by atoms with van der Waals surface area (Å²) in [5.41, 5.74) is 0.573. The highest BCUT2D eigenvalue weighted by Crippen LogP contribution is 2.29. The van der Waals surface area contributed by atoms with Crippen LogP contribution in [0.2, 0.25) is 5.02 Å². The average Bonchev–Trinajstić information content (AvgIpc) is 2.91. The fourth-order valence-electron chi connectivity index (χ4n) is 1.77. The van der Waals surface area contributed by atoms with Gasteiger partial charge in [-0.1, -0.05) is 11.6 Å². The summed E-state index contributed by atoms with van der Waals surface area (Å²) in [6.45, 7) is 5.30. The van der Waals surface area contributed by atoms with Gasteiger partial charge in [0.15, 0.2) is 5.78 Å². The Morgan fingerprint density at radius 3 is 2.41 bits per heavy atom. The quantitative estimate of drug-likeness (QED) is 0.808. The molecule has 0 radical (unpaired) electrons. The normalized spacial score (nSPS) is 10.6. The number of hydrogen-bond donors (Lipinski definition) is 1. The first-order valence-corrected chi connectivity index (χ1v) is 7.94. The van der Waals surface area contributed by atoms with E-state index in [1.807, 2.05) is 13.8 Å². The molecule has 0 spiro atoms. The monoisotopic (exact) mass is 337 g/mol. The van der Waals surface area contributed by atoms with E-state index < -0.39 is 0 Å². The van der Waals surface area contributed by atoms with E-state index in [9.17, 15) is 9.59 Å². The summed E-state index contributed by atoms with van der Waals surface area (Å²) < 4.78 is 5.54. The van der Waals surface area contributed by atoms with Gasteiger partial charge in [-0.2, -0.15) is 0 Å². The molecule has 0 saturated carbocycles. The fourth-order valence-corrected chi connectivity index (χ4v) is 2.79. The number of rotatable bonds is 5. The van der Waals surface area contributed by atoms with Crippen LogP contribution in [0, 0.1) is 0 Å². The molecule has 0 bridgehead atoms. The van der Waals surface area contributed by atoms with Gasteiger partial charge in [0.2, 0.25) is 0 Å². The minimum atomic E-state index is -0.272. The lowest BCUT2D eigenvalue weighted by atomic mass is 10.3. The summed E-state index contributed by atoms with van der Waals surface area (Å²) >= 11 is 7.30. The van der Waals surface area contributed by atoms with Crippen molar-refractivity contribution in [2.75, 3.05) is 5.32 Å². The molecule has 22 heavy (non-hydrogen) atoms. The predicted molar refractivity (Wildman–Crippen MR) is 89.5 cm³/mol. The van der Waals surface area contributed by atoms with Gasteiger partial charge in [-0.25, -0.2) is 0 Å². The zero-order valence-electron chi connectivity index (χ0n) is 12.5. The lowest BCUT2D eigenvalue weighted by molar-refractivity contribution is 0.101. The van der Waals surface area contributed by atoms with Gasteiger partial charge < -0.3 is 10.1 Å². The van der Waals surface area contributed by atoms with Gasteiger partial charge in [-0.05, 0) is 51.1 Å². The summed E-state index contributed by atoms with van der Waals surface area (Å²) in [5, 5.41) is 3.18. The standard InChI is InChI=1S/C16H16ClNO3S/c1-9(2)21-13-5-4-11(8-12(13)17)18-16(20)15-7-6-14(22-15)10(3)19/h4-9H,1-3H3,(H,18,20). The maximum Gasteiger partial charge on any atom is 0.265 e. The molecule has 1 N–H and O–H groups in total. The van der Waals surface area contributed by atoms with Crippen LogP contribution in [-0.2, 0) is 0 Å². The number of amides is 1. The van der Waals surface area contributed by atoms with Crippen LogP contribution in [-0.4, -0.2) is 17.8 Å². The molecule has 1 heterocycles. The molecular formula is C16H16ClNO3S. The first kappa shape index (κ1) is 16.5. The molecule has 0 aliphatic heterocycles. The van der Waals surface area contributed by atoms with Crippen molar-refractivity contribution in [2.24, 2.45) is 0 Å². The SMILES string of the molecule is CC(=O)c1ccc(C(=O)Nc2ccc(OC(C)C)c(Cl)c2)s1. The van der Waals surface area contributed by atoms with Gasteiger partial charge >= 0.3 is 0 Å². The first-order valence-electron chi connectivity index (χ1n) is 6.75. The van der Waals surface area contributed by atoms with Crippen molar-refractivity contribution in [2.45, 2.75) is 26.9 Å². The smallest absolute Gasteiger partial charge is 0.265 e. The minimum Gasteiger partial charge on any atom is -0.489 e. The number of Topliss-reactive ketones (excluding diaryl/α,β-unsaturated/α-hetero) is 1. The number of halogens is 1. The Hall–Kier alpha value is -1.85. The van der Waals surface area contributed by atoms with Gasteiger partial charge in [-0.3, -0.25) is 9.59 Å². The fraction of sp³-hybridized carbons (Fsp3) is 0.250. The second-order valence-corrected chi connectivity index (χ2v) is 6.48. The van der Waals surface area contributed by atoms with E-state index in [1.54, 1.807) is 30.3 Å². The van der Waals surface area contributed by atoms with Gasteiger partial charge in [0.25, 0.3) is 5.91 Å². The Morgan fingerprint density at radius 1 is 1.18 bits per heavy atom. The third-order valence-corrected chi connectivity index (χ3v) is 4.21. The third-order valence-electron chi connectivity index (χ3n) is 2.73. The number of anilines is 1. The summed E-state index contributed by atoms with van der Waals surface area (Å²) in [6.07, 6.45) is 0.0223. The average molecular weight is 338 g/mol. The number of ketones is 1. The Kier molecular flexibility index (Phi) is 5.21. The summed E-state index contributed by atoms with van der Waals surface area (Å²) in [4.78, 5) is 24.4. The molecule has 1 aromatic carbocycles. The van der Waals surface area contributed by atoms with Crippen molar-refractivity contribution in [1.82, 2.24) is 0 Å². The maximum atomic E-state index is 12.1. The Balaban J connectivity index is 2.11. The lowest BCUT2D eigenvalue weighted by Crippen LogP contribution is -2.10. The summed E-state index contributed by atoms with van der Waals surface area (Å²) in [5.74, 6) is 0.248. The van der Waals surface area contributed by atoms with Crippen LogP contribution in [0.4, 0.5) is 5.69 Å². The number of carbonyl (C=O) groups is 2. The molecular weight excluding hydrogens is 322 g/mol. The number of carbonyl (C=O) groups excluding carboxylic acids is 2. The van der Waals surface area contributed by atoms with E-state index >= 15 is 0 Å². The van der Waals surface area contributed by atoms with Crippen LogP contribution >= 0.6 is 22.9 Å². The van der Waals surface area contributed by atoms with Crippen LogP contribution in [0.5, 0.6) is 5.75 Å². The molecule has 0 atom stereocenters. The molecule has 1 aromatic heterocycles. The Morgan fingerprint density at radius 2 is 1.86 bits per heavy atom. The lowest BCUT2D eigenvalue weighted by Gasteiger charge is -2.12. The molecule has 116 valence electrons. The first-order chi connectivity index (χ1) is 10.4. The zero-order valence-corrected chi connectivity index (χ0v) is 14.0. The second-order valence-electron chi connectivity index (χ2n) is 4.99. The summed E-state index contributed by atoms with van der Waals surface area (Å²) in [6, 6.07) is 8.36. The number of nitrogens with one attached hydrogen (secondary N) is 1. The molecule has 2 aromatic rings. The van der Waals surface area contributed by atoms with Crippen LogP contribution in [0.15, 0.2) is 30.3 Å². The van der Waals surface area contributed by atoms with Gasteiger partial charge in [0.05, 0.1) is 20.9 Å². The molecule has 0 aliphatic rings. The van der Waals surface area contributed by atoms with E-state index in [0.717, 1.165) is 11.3 Å². The predicted octanol–water partition coefficient (Wildman–Crippen LogP) is 4.64. The minimum absolute atomic E-state index is 0.0223. The third kappa shape index (κ3) is 4.08. The van der Waals surface area contributed by atoms with E-state index in [-0.39, 0.29) is 17.8 Å². The highest BCUT2D eigenvalue weighted by molar-refractivity contribution is 7.16. The molecule has 0 unspecified atom stereocenters. The summed E-state index contributed by atoms with van der Waals surface area (Å²) in [7, 11) is 0. The van der Waals surface area contributed by atoms with E-state index in [4.69, 9.17) is 16.3 Å². The number of benzene rings is 1. The number of thiophene rings is 1. The van der Waals surface area contributed by atoms with Gasteiger partial charge in [-0.15, -0.1) is 11.3 Å². The molecule has 0 aliphatic carbocycles. The van der Waals surface area contributed by atoms with Gasteiger partial charge in [0, 0.05) is 5.69 Å². The number of hydrogen-bond acceptors (Lipinski definition) is 4. The topological polar surface area (TPSA) is 55.4 Å². The molecule has 0 fully saturated rings. The van der Waals surface area contributed by atoms with Crippen LogP contribution in [0.25, 0.3) is 0 Å². The van der Waals surface area contributed by atoms with E-state index in [2.05, 4.69) is 5.32 Å². The van der Waals surface area contributed by atoms with Crippen molar-refractivity contribution < 1.29 is 14.3 Å². The highest BCUT2D eigenvalue weighted by Gasteiger charge is 2.12. The Bertz CT molecular complexity index is 709.